The molecule has 1 atom stereocenters. The number of hydrogen-bond acceptors (Lipinski definition) is 3. The van der Waals surface area contributed by atoms with Crippen LogP contribution in [0.2, 0.25) is 0 Å². The zero-order valence-electron chi connectivity index (χ0n) is 10.5. The van der Waals surface area contributed by atoms with Gasteiger partial charge in [-0.2, -0.15) is 0 Å². The van der Waals surface area contributed by atoms with Crippen LogP contribution in [0.15, 0.2) is 18.2 Å². The molecule has 1 aliphatic heterocycles. The molecule has 1 heterocycles. The number of aryl methyl sites for hydroxylation is 1. The van der Waals surface area contributed by atoms with E-state index in [0.717, 1.165) is 30.8 Å². The highest BCUT2D eigenvalue weighted by Crippen LogP contribution is 2.26. The predicted molar refractivity (Wildman–Crippen MR) is 71.9 cm³/mol. The maximum Gasteiger partial charge on any atom is 0.404 e. The second-order valence-corrected chi connectivity index (χ2v) is 4.83. The number of rotatable bonds is 3. The molecule has 1 saturated heterocycles. The van der Waals surface area contributed by atoms with E-state index in [1.165, 1.54) is 5.69 Å². The normalized spacial score (nSPS) is 18.9. The Kier molecular flexibility index (Phi) is 3.60. The molecule has 0 aliphatic carbocycles. The van der Waals surface area contributed by atoms with Gasteiger partial charge in [0.25, 0.3) is 0 Å². The highest BCUT2D eigenvalue weighted by atomic mass is 16.4. The first-order valence-electron chi connectivity index (χ1n) is 6.14. The van der Waals surface area contributed by atoms with Gasteiger partial charge in [0, 0.05) is 31.0 Å². The van der Waals surface area contributed by atoms with E-state index in [2.05, 4.69) is 16.3 Å². The summed E-state index contributed by atoms with van der Waals surface area (Å²) in [5.74, 6) is 0.388. The molecule has 0 bridgehead atoms. The van der Waals surface area contributed by atoms with E-state index in [1.54, 1.807) is 0 Å². The van der Waals surface area contributed by atoms with E-state index in [9.17, 15) is 4.79 Å². The highest BCUT2D eigenvalue weighted by molar-refractivity contribution is 5.64. The average molecular weight is 249 g/mol. The number of nitrogens with zero attached hydrogens (tertiary/aromatic N) is 1. The molecule has 1 aliphatic rings. The molecule has 0 saturated carbocycles. The van der Waals surface area contributed by atoms with Crippen LogP contribution in [-0.4, -0.2) is 30.8 Å². The number of carbonyl (C=O) groups is 1. The molecule has 5 nitrogen and oxygen atoms in total. The number of hydrogen-bond donors (Lipinski definition) is 3. The standard InChI is InChI=1S/C13H19N3O2/c1-9-6-11(2-3-12(9)14)16-5-4-10(8-16)7-15-13(17)18/h2-3,6,10,15H,4-5,7-8,14H2,1H3,(H,17,18). The summed E-state index contributed by atoms with van der Waals surface area (Å²) in [6.07, 6.45) is 0.0701. The fourth-order valence-corrected chi connectivity index (χ4v) is 2.32. The van der Waals surface area contributed by atoms with Crippen LogP contribution < -0.4 is 16.0 Å². The van der Waals surface area contributed by atoms with Crippen molar-refractivity contribution in [3.05, 3.63) is 23.8 Å². The Morgan fingerprint density at radius 1 is 1.61 bits per heavy atom. The first-order chi connectivity index (χ1) is 8.56. The zero-order chi connectivity index (χ0) is 13.1. The Balaban J connectivity index is 1.95. The Labute approximate surface area is 107 Å². The summed E-state index contributed by atoms with van der Waals surface area (Å²) in [4.78, 5) is 12.7. The van der Waals surface area contributed by atoms with Crippen molar-refractivity contribution in [2.75, 3.05) is 30.3 Å². The Morgan fingerprint density at radius 3 is 3.06 bits per heavy atom. The molecule has 1 aromatic rings. The van der Waals surface area contributed by atoms with Gasteiger partial charge in [-0.05, 0) is 43.0 Å². The van der Waals surface area contributed by atoms with Crippen molar-refractivity contribution in [1.82, 2.24) is 5.32 Å². The lowest BCUT2D eigenvalue weighted by Crippen LogP contribution is -2.29. The molecule has 0 radical (unpaired) electrons. The van der Waals surface area contributed by atoms with E-state index in [-0.39, 0.29) is 0 Å². The van der Waals surface area contributed by atoms with Gasteiger partial charge in [0.15, 0.2) is 0 Å². The molecule has 4 N–H and O–H groups in total. The lowest BCUT2D eigenvalue weighted by Gasteiger charge is -2.19. The van der Waals surface area contributed by atoms with E-state index in [1.807, 2.05) is 19.1 Å². The summed E-state index contributed by atoms with van der Waals surface area (Å²) in [7, 11) is 0. The predicted octanol–water partition coefficient (Wildman–Crippen LogP) is 1.67. The van der Waals surface area contributed by atoms with Gasteiger partial charge >= 0.3 is 6.09 Å². The van der Waals surface area contributed by atoms with Gasteiger partial charge in [-0.25, -0.2) is 4.79 Å². The fourth-order valence-electron chi connectivity index (χ4n) is 2.32. The number of nitrogens with two attached hydrogens (primary N) is 1. The second kappa shape index (κ2) is 5.16. The number of nitrogens with one attached hydrogen (secondary N) is 1. The fraction of sp³-hybridized carbons (Fsp3) is 0.462. The van der Waals surface area contributed by atoms with Gasteiger partial charge in [-0.1, -0.05) is 0 Å². The number of benzene rings is 1. The van der Waals surface area contributed by atoms with Crippen molar-refractivity contribution in [2.45, 2.75) is 13.3 Å². The maximum atomic E-state index is 10.5. The topological polar surface area (TPSA) is 78.6 Å². The van der Waals surface area contributed by atoms with Crippen LogP contribution >= 0.6 is 0 Å². The lowest BCUT2D eigenvalue weighted by atomic mass is 10.1. The van der Waals surface area contributed by atoms with E-state index in [0.29, 0.717) is 12.5 Å². The van der Waals surface area contributed by atoms with Crippen molar-refractivity contribution in [3.8, 4) is 0 Å². The molecule has 18 heavy (non-hydrogen) atoms. The van der Waals surface area contributed by atoms with Crippen LogP contribution in [0.1, 0.15) is 12.0 Å². The summed E-state index contributed by atoms with van der Waals surface area (Å²) in [5, 5.41) is 11.0. The minimum Gasteiger partial charge on any atom is -0.465 e. The SMILES string of the molecule is Cc1cc(N2CCC(CNC(=O)O)C2)ccc1N. The third kappa shape index (κ3) is 2.85. The zero-order valence-corrected chi connectivity index (χ0v) is 10.5. The van der Waals surface area contributed by atoms with E-state index >= 15 is 0 Å². The number of carboxylic acid groups (broad SMARTS) is 1. The van der Waals surface area contributed by atoms with Crippen molar-refractivity contribution in [3.63, 3.8) is 0 Å². The van der Waals surface area contributed by atoms with Gasteiger partial charge in [-0.15, -0.1) is 0 Å². The monoisotopic (exact) mass is 249 g/mol. The number of amides is 1. The van der Waals surface area contributed by atoms with Crippen molar-refractivity contribution >= 4 is 17.5 Å². The lowest BCUT2D eigenvalue weighted by molar-refractivity contribution is 0.192. The van der Waals surface area contributed by atoms with Gasteiger partial charge in [-0.3, -0.25) is 0 Å². The van der Waals surface area contributed by atoms with Gasteiger partial charge in [0.1, 0.15) is 0 Å². The summed E-state index contributed by atoms with van der Waals surface area (Å²) in [5.41, 5.74) is 8.86. The molecule has 0 aromatic heterocycles. The highest BCUT2D eigenvalue weighted by Gasteiger charge is 2.23. The molecule has 0 spiro atoms. The Morgan fingerprint density at radius 2 is 2.39 bits per heavy atom. The van der Waals surface area contributed by atoms with Crippen molar-refractivity contribution < 1.29 is 9.90 Å². The molecule has 1 fully saturated rings. The van der Waals surface area contributed by atoms with Crippen LogP contribution in [0.5, 0.6) is 0 Å². The first-order valence-corrected chi connectivity index (χ1v) is 6.14. The van der Waals surface area contributed by atoms with Gasteiger partial charge in [0.05, 0.1) is 0 Å². The summed E-state index contributed by atoms with van der Waals surface area (Å²) in [6, 6.07) is 6.03. The molecular formula is C13H19N3O2. The van der Waals surface area contributed by atoms with E-state index in [4.69, 9.17) is 10.8 Å². The summed E-state index contributed by atoms with van der Waals surface area (Å²) >= 11 is 0. The van der Waals surface area contributed by atoms with Gasteiger partial charge in [0.2, 0.25) is 0 Å². The third-order valence-electron chi connectivity index (χ3n) is 3.45. The van der Waals surface area contributed by atoms with Crippen LogP contribution in [0.3, 0.4) is 0 Å². The molecular weight excluding hydrogens is 230 g/mol. The molecule has 1 aromatic carbocycles. The molecule has 98 valence electrons. The van der Waals surface area contributed by atoms with Crippen LogP contribution in [0.25, 0.3) is 0 Å². The minimum atomic E-state index is -0.947. The molecule has 1 unspecified atom stereocenters. The van der Waals surface area contributed by atoms with E-state index < -0.39 is 6.09 Å². The van der Waals surface area contributed by atoms with Crippen molar-refractivity contribution in [1.29, 1.82) is 0 Å². The Hall–Kier alpha value is -1.91. The summed E-state index contributed by atoms with van der Waals surface area (Å²) in [6.45, 7) is 4.39. The average Bonchev–Trinajstić information content (AvgIpc) is 2.79. The molecule has 2 rings (SSSR count). The quantitative estimate of drug-likeness (QED) is 0.712. The largest absolute Gasteiger partial charge is 0.465 e. The molecule has 5 heteroatoms. The number of anilines is 2. The first kappa shape index (κ1) is 12.5. The number of nitrogen functional groups attached to an aromatic ring is 1. The Bertz CT molecular complexity index is 448. The second-order valence-electron chi connectivity index (χ2n) is 4.83. The minimum absolute atomic E-state index is 0.388. The smallest absolute Gasteiger partial charge is 0.404 e. The van der Waals surface area contributed by atoms with Crippen LogP contribution in [0.4, 0.5) is 16.2 Å². The van der Waals surface area contributed by atoms with Crippen LogP contribution in [0, 0.1) is 12.8 Å². The summed E-state index contributed by atoms with van der Waals surface area (Å²) < 4.78 is 0. The molecule has 1 amide bonds. The van der Waals surface area contributed by atoms with Gasteiger partial charge < -0.3 is 21.1 Å². The van der Waals surface area contributed by atoms with Crippen molar-refractivity contribution in [2.24, 2.45) is 5.92 Å². The van der Waals surface area contributed by atoms with Crippen LogP contribution in [-0.2, 0) is 0 Å². The third-order valence-corrected chi connectivity index (χ3v) is 3.45. The maximum absolute atomic E-state index is 10.5.